The Bertz CT molecular complexity index is 555. The Hall–Kier alpha value is -1.66. The van der Waals surface area contributed by atoms with Crippen molar-refractivity contribution in [2.75, 3.05) is 17.4 Å². The molecule has 0 spiro atoms. The molecule has 5 nitrogen and oxygen atoms in total. The molecule has 3 N–H and O–H groups in total. The van der Waals surface area contributed by atoms with E-state index >= 15 is 0 Å². The van der Waals surface area contributed by atoms with Gasteiger partial charge >= 0.3 is 0 Å². The lowest BCUT2D eigenvalue weighted by molar-refractivity contribution is 0.879. The minimum Gasteiger partial charge on any atom is -0.355 e. The van der Waals surface area contributed by atoms with E-state index in [2.05, 4.69) is 48.4 Å². The molecule has 6 heteroatoms. The molecule has 0 amide bonds. The van der Waals surface area contributed by atoms with Crippen LogP contribution in [0, 0.1) is 6.92 Å². The lowest BCUT2D eigenvalue weighted by Gasteiger charge is -2.19. The molecule has 19 heavy (non-hydrogen) atoms. The third-order valence-electron chi connectivity index (χ3n) is 2.70. The highest BCUT2D eigenvalue weighted by Gasteiger charge is 2.07. The van der Waals surface area contributed by atoms with Crippen molar-refractivity contribution in [2.24, 2.45) is 5.84 Å². The van der Waals surface area contributed by atoms with Crippen LogP contribution >= 0.6 is 15.9 Å². The monoisotopic (exact) mass is 321 g/mol. The molecule has 0 aliphatic rings. The topological polar surface area (TPSA) is 67.1 Å². The van der Waals surface area contributed by atoms with Gasteiger partial charge in [0.15, 0.2) is 0 Å². The lowest BCUT2D eigenvalue weighted by Crippen LogP contribution is -2.19. The SMILES string of the molecule is Cc1nc(NN)cc(N(C)Cc2ccc(Br)cc2)n1. The third kappa shape index (κ3) is 3.65. The van der Waals surface area contributed by atoms with Gasteiger partial charge in [0.2, 0.25) is 0 Å². The van der Waals surface area contributed by atoms with E-state index in [4.69, 9.17) is 5.84 Å². The van der Waals surface area contributed by atoms with Crippen LogP contribution in [-0.4, -0.2) is 17.0 Å². The number of nitrogens with two attached hydrogens (primary N) is 1. The standard InChI is InChI=1S/C13H16BrN5/c1-9-16-12(18-15)7-13(17-9)19(2)8-10-3-5-11(14)6-4-10/h3-7H,8,15H2,1-2H3,(H,16,17,18). The maximum Gasteiger partial charge on any atom is 0.145 e. The number of hydrogen-bond donors (Lipinski definition) is 2. The smallest absolute Gasteiger partial charge is 0.145 e. The Morgan fingerprint density at radius 2 is 1.95 bits per heavy atom. The zero-order valence-electron chi connectivity index (χ0n) is 10.9. The van der Waals surface area contributed by atoms with E-state index in [9.17, 15) is 0 Å². The molecule has 0 aliphatic carbocycles. The second-order valence-corrected chi connectivity index (χ2v) is 5.20. The van der Waals surface area contributed by atoms with Gasteiger partial charge in [-0.3, -0.25) is 0 Å². The maximum atomic E-state index is 5.39. The van der Waals surface area contributed by atoms with Crippen molar-refractivity contribution < 1.29 is 0 Å². The van der Waals surface area contributed by atoms with Gasteiger partial charge in [-0.05, 0) is 24.6 Å². The van der Waals surface area contributed by atoms with Crippen LogP contribution in [0.4, 0.5) is 11.6 Å². The Kier molecular flexibility index (Phi) is 4.34. The van der Waals surface area contributed by atoms with Crippen LogP contribution < -0.4 is 16.2 Å². The molecule has 1 heterocycles. The molecule has 1 aromatic heterocycles. The number of benzene rings is 1. The highest BCUT2D eigenvalue weighted by molar-refractivity contribution is 9.10. The molecule has 0 atom stereocenters. The molecule has 1 aromatic carbocycles. The Balaban J connectivity index is 2.17. The first-order chi connectivity index (χ1) is 9.08. The van der Waals surface area contributed by atoms with Crippen LogP contribution in [0.25, 0.3) is 0 Å². The maximum absolute atomic E-state index is 5.39. The number of aryl methyl sites for hydroxylation is 1. The summed E-state index contributed by atoms with van der Waals surface area (Å²) in [5, 5.41) is 0. The second-order valence-electron chi connectivity index (χ2n) is 4.29. The van der Waals surface area contributed by atoms with Crippen molar-refractivity contribution in [1.82, 2.24) is 9.97 Å². The van der Waals surface area contributed by atoms with Gasteiger partial charge in [0.25, 0.3) is 0 Å². The van der Waals surface area contributed by atoms with E-state index in [1.165, 1.54) is 5.56 Å². The van der Waals surface area contributed by atoms with Gasteiger partial charge in [-0.15, -0.1) is 0 Å². The van der Waals surface area contributed by atoms with Crippen molar-refractivity contribution in [1.29, 1.82) is 0 Å². The van der Waals surface area contributed by atoms with Crippen molar-refractivity contribution >= 4 is 27.6 Å². The Morgan fingerprint density at radius 1 is 1.26 bits per heavy atom. The van der Waals surface area contributed by atoms with Gasteiger partial charge in [0, 0.05) is 24.1 Å². The van der Waals surface area contributed by atoms with Gasteiger partial charge in [0.1, 0.15) is 17.5 Å². The summed E-state index contributed by atoms with van der Waals surface area (Å²) in [7, 11) is 1.99. The van der Waals surface area contributed by atoms with Crippen LogP contribution in [0.2, 0.25) is 0 Å². The van der Waals surface area contributed by atoms with E-state index < -0.39 is 0 Å². The molecule has 0 saturated heterocycles. The van der Waals surface area contributed by atoms with E-state index in [0.717, 1.165) is 16.8 Å². The minimum absolute atomic E-state index is 0.616. The van der Waals surface area contributed by atoms with Crippen molar-refractivity contribution in [3.05, 3.63) is 46.2 Å². The van der Waals surface area contributed by atoms with Gasteiger partial charge < -0.3 is 10.3 Å². The number of anilines is 2. The molecular weight excluding hydrogens is 306 g/mol. The summed E-state index contributed by atoms with van der Waals surface area (Å²) in [5.74, 6) is 7.53. The molecule has 0 radical (unpaired) electrons. The zero-order chi connectivity index (χ0) is 13.8. The number of aromatic nitrogens is 2. The summed E-state index contributed by atoms with van der Waals surface area (Å²) in [6.07, 6.45) is 0. The number of halogens is 1. The van der Waals surface area contributed by atoms with E-state index in [1.54, 1.807) is 0 Å². The Labute approximate surface area is 121 Å². The fraction of sp³-hybridized carbons (Fsp3) is 0.231. The van der Waals surface area contributed by atoms with Crippen molar-refractivity contribution in [3.63, 3.8) is 0 Å². The van der Waals surface area contributed by atoms with Crippen LogP contribution in [0.3, 0.4) is 0 Å². The quantitative estimate of drug-likeness (QED) is 0.669. The number of rotatable bonds is 4. The molecule has 0 unspecified atom stereocenters. The number of hydrazine groups is 1. The highest BCUT2D eigenvalue weighted by atomic mass is 79.9. The fourth-order valence-electron chi connectivity index (χ4n) is 1.77. The van der Waals surface area contributed by atoms with Crippen LogP contribution in [0.5, 0.6) is 0 Å². The van der Waals surface area contributed by atoms with Gasteiger partial charge in [-0.1, -0.05) is 28.1 Å². The third-order valence-corrected chi connectivity index (χ3v) is 3.23. The average molecular weight is 322 g/mol. The average Bonchev–Trinajstić information content (AvgIpc) is 2.40. The fourth-order valence-corrected chi connectivity index (χ4v) is 2.03. The molecule has 2 rings (SSSR count). The number of nitrogens with zero attached hydrogens (tertiary/aromatic N) is 3. The molecule has 0 aliphatic heterocycles. The predicted molar refractivity (Wildman–Crippen MR) is 80.8 cm³/mol. The van der Waals surface area contributed by atoms with Crippen molar-refractivity contribution in [3.8, 4) is 0 Å². The van der Waals surface area contributed by atoms with Crippen LogP contribution in [-0.2, 0) is 6.54 Å². The summed E-state index contributed by atoms with van der Waals surface area (Å²) < 4.78 is 1.08. The summed E-state index contributed by atoms with van der Waals surface area (Å²) in [5.41, 5.74) is 3.76. The zero-order valence-corrected chi connectivity index (χ0v) is 12.5. The molecular formula is C13H16BrN5. The molecule has 0 fully saturated rings. The minimum atomic E-state index is 0.616. The predicted octanol–water partition coefficient (Wildman–Crippen LogP) is 2.47. The van der Waals surface area contributed by atoms with E-state index in [-0.39, 0.29) is 0 Å². The largest absolute Gasteiger partial charge is 0.355 e. The summed E-state index contributed by atoms with van der Waals surface area (Å²) in [6, 6.07) is 10.0. The van der Waals surface area contributed by atoms with Gasteiger partial charge in [0.05, 0.1) is 0 Å². The first-order valence-corrected chi connectivity index (χ1v) is 6.65. The van der Waals surface area contributed by atoms with Crippen LogP contribution in [0.1, 0.15) is 11.4 Å². The summed E-state index contributed by atoms with van der Waals surface area (Å²) >= 11 is 3.43. The lowest BCUT2D eigenvalue weighted by atomic mass is 10.2. The molecule has 2 aromatic rings. The summed E-state index contributed by atoms with van der Waals surface area (Å²) in [6.45, 7) is 2.62. The van der Waals surface area contributed by atoms with Crippen molar-refractivity contribution in [2.45, 2.75) is 13.5 Å². The second kappa shape index (κ2) is 5.99. The first kappa shape index (κ1) is 13.8. The molecule has 0 bridgehead atoms. The molecule has 0 saturated carbocycles. The number of nitrogen functional groups attached to an aromatic ring is 1. The molecule has 100 valence electrons. The van der Waals surface area contributed by atoms with Gasteiger partial charge in [-0.25, -0.2) is 15.8 Å². The summed E-state index contributed by atoms with van der Waals surface area (Å²) in [4.78, 5) is 10.6. The number of nitrogens with one attached hydrogen (secondary N) is 1. The number of hydrogen-bond acceptors (Lipinski definition) is 5. The highest BCUT2D eigenvalue weighted by Crippen LogP contribution is 2.17. The van der Waals surface area contributed by atoms with E-state index in [0.29, 0.717) is 11.6 Å². The Morgan fingerprint density at radius 3 is 2.58 bits per heavy atom. The first-order valence-electron chi connectivity index (χ1n) is 5.86. The van der Waals surface area contributed by atoms with Gasteiger partial charge in [-0.2, -0.15) is 0 Å². The normalized spacial score (nSPS) is 10.3. The van der Waals surface area contributed by atoms with Crippen LogP contribution in [0.15, 0.2) is 34.8 Å². The van der Waals surface area contributed by atoms with E-state index in [1.807, 2.05) is 32.2 Å².